The molecule has 1 saturated heterocycles. The molecule has 1 aromatic rings. The van der Waals surface area contributed by atoms with Crippen LogP contribution in [-0.2, 0) is 14.6 Å². The molecule has 0 bridgehead atoms. The van der Waals surface area contributed by atoms with Gasteiger partial charge >= 0.3 is 0 Å². The second-order valence-corrected chi connectivity index (χ2v) is 6.75. The molecule has 0 radical (unpaired) electrons. The maximum atomic E-state index is 11.9. The number of non-ortho nitro benzene ring substituents is 1. The van der Waals surface area contributed by atoms with Gasteiger partial charge in [0.15, 0.2) is 9.84 Å². The highest BCUT2D eigenvalue weighted by Gasteiger charge is 2.23. The van der Waals surface area contributed by atoms with E-state index in [0.717, 1.165) is 12.3 Å². The Hall–Kier alpha value is -2.16. The van der Waals surface area contributed by atoms with Crippen LogP contribution in [0.3, 0.4) is 0 Å². The smallest absolute Gasteiger partial charge is 0.270 e. The number of nitrogens with zero attached hydrogens (tertiary/aromatic N) is 2. The number of sulfone groups is 1. The molecular formula is C12H15N3O5S. The Labute approximate surface area is 121 Å². The third-order valence-corrected chi connectivity index (χ3v) is 4.33. The first-order chi connectivity index (χ1) is 9.79. The molecule has 1 amide bonds. The SMILES string of the molecule is CS(=O)(=O)c1cc([N+](=O)[O-])ccc1N1CCNC(=O)CC1. The second-order valence-electron chi connectivity index (χ2n) is 4.77. The zero-order valence-electron chi connectivity index (χ0n) is 11.4. The van der Waals surface area contributed by atoms with Gasteiger partial charge in [0.25, 0.3) is 5.69 Å². The topological polar surface area (TPSA) is 110 Å². The van der Waals surface area contributed by atoms with Crippen molar-refractivity contribution in [3.8, 4) is 0 Å². The summed E-state index contributed by atoms with van der Waals surface area (Å²) in [4.78, 5) is 23.2. The molecule has 0 unspecified atom stereocenters. The van der Waals surface area contributed by atoms with E-state index in [-0.39, 0.29) is 22.9 Å². The minimum Gasteiger partial charge on any atom is -0.368 e. The molecule has 0 aliphatic carbocycles. The molecule has 0 atom stereocenters. The zero-order chi connectivity index (χ0) is 15.6. The van der Waals surface area contributed by atoms with E-state index in [2.05, 4.69) is 5.32 Å². The molecule has 1 aromatic carbocycles. The van der Waals surface area contributed by atoms with E-state index >= 15 is 0 Å². The van der Waals surface area contributed by atoms with E-state index in [4.69, 9.17) is 0 Å². The Morgan fingerprint density at radius 1 is 1.33 bits per heavy atom. The maximum Gasteiger partial charge on any atom is 0.270 e. The third kappa shape index (κ3) is 3.48. The number of hydrogen-bond donors (Lipinski definition) is 1. The first-order valence-corrected chi connectivity index (χ1v) is 8.18. The summed E-state index contributed by atoms with van der Waals surface area (Å²) >= 11 is 0. The summed E-state index contributed by atoms with van der Waals surface area (Å²) in [6.45, 7) is 1.22. The predicted octanol–water partition coefficient (Wildman–Crippen LogP) is 0.325. The lowest BCUT2D eigenvalue weighted by atomic mass is 10.2. The number of anilines is 1. The summed E-state index contributed by atoms with van der Waals surface area (Å²) in [6, 6.07) is 3.75. The van der Waals surface area contributed by atoms with Crippen molar-refractivity contribution in [1.82, 2.24) is 5.32 Å². The number of carbonyl (C=O) groups excluding carboxylic acids is 1. The van der Waals surface area contributed by atoms with E-state index in [1.165, 1.54) is 12.1 Å². The maximum absolute atomic E-state index is 11.9. The molecule has 1 fully saturated rings. The summed E-state index contributed by atoms with van der Waals surface area (Å²) in [5.74, 6) is -0.0969. The van der Waals surface area contributed by atoms with E-state index in [1.807, 2.05) is 0 Å². The summed E-state index contributed by atoms with van der Waals surface area (Å²) in [6.07, 6.45) is 1.26. The average molecular weight is 313 g/mol. The van der Waals surface area contributed by atoms with E-state index < -0.39 is 14.8 Å². The van der Waals surface area contributed by atoms with Crippen LogP contribution in [0.1, 0.15) is 6.42 Å². The monoisotopic (exact) mass is 313 g/mol. The van der Waals surface area contributed by atoms with Gasteiger partial charge in [0.1, 0.15) is 0 Å². The quantitative estimate of drug-likeness (QED) is 0.636. The van der Waals surface area contributed by atoms with E-state index in [9.17, 15) is 23.3 Å². The molecule has 1 aliphatic heterocycles. The van der Waals surface area contributed by atoms with Gasteiger partial charge in [0.05, 0.1) is 15.5 Å². The number of nitro benzene ring substituents is 1. The van der Waals surface area contributed by atoms with Crippen LogP contribution in [0.5, 0.6) is 0 Å². The lowest BCUT2D eigenvalue weighted by molar-refractivity contribution is -0.385. The number of benzene rings is 1. The van der Waals surface area contributed by atoms with Crippen molar-refractivity contribution in [3.63, 3.8) is 0 Å². The van der Waals surface area contributed by atoms with Gasteiger partial charge in [0, 0.05) is 44.4 Å². The Bertz CT molecular complexity index is 686. The lowest BCUT2D eigenvalue weighted by Gasteiger charge is -2.24. The van der Waals surface area contributed by atoms with Gasteiger partial charge in [-0.15, -0.1) is 0 Å². The van der Waals surface area contributed by atoms with Crippen molar-refractivity contribution in [3.05, 3.63) is 28.3 Å². The molecule has 0 saturated carbocycles. The summed E-state index contributed by atoms with van der Waals surface area (Å²) in [5.41, 5.74) is 0.114. The van der Waals surface area contributed by atoms with Crippen LogP contribution in [0.25, 0.3) is 0 Å². The highest BCUT2D eigenvalue weighted by atomic mass is 32.2. The molecule has 1 aliphatic rings. The fourth-order valence-electron chi connectivity index (χ4n) is 2.18. The number of carbonyl (C=O) groups is 1. The first kappa shape index (κ1) is 15.2. The number of amides is 1. The Morgan fingerprint density at radius 2 is 2.05 bits per heavy atom. The molecule has 1 heterocycles. The highest BCUT2D eigenvalue weighted by molar-refractivity contribution is 7.90. The first-order valence-electron chi connectivity index (χ1n) is 6.29. The van der Waals surface area contributed by atoms with Gasteiger partial charge in [-0.3, -0.25) is 14.9 Å². The van der Waals surface area contributed by atoms with Gasteiger partial charge in [0.2, 0.25) is 5.91 Å². The number of hydrogen-bond acceptors (Lipinski definition) is 6. The largest absolute Gasteiger partial charge is 0.368 e. The lowest BCUT2D eigenvalue weighted by Crippen LogP contribution is -2.29. The van der Waals surface area contributed by atoms with Crippen molar-refractivity contribution in [1.29, 1.82) is 0 Å². The molecular weight excluding hydrogens is 298 g/mol. The van der Waals surface area contributed by atoms with Gasteiger partial charge in [-0.05, 0) is 6.07 Å². The van der Waals surface area contributed by atoms with Crippen molar-refractivity contribution in [2.24, 2.45) is 0 Å². The molecule has 0 aromatic heterocycles. The fourth-order valence-corrected chi connectivity index (χ4v) is 3.09. The number of rotatable bonds is 3. The molecule has 2 rings (SSSR count). The van der Waals surface area contributed by atoms with Crippen LogP contribution in [0.4, 0.5) is 11.4 Å². The molecule has 114 valence electrons. The van der Waals surface area contributed by atoms with Crippen molar-refractivity contribution in [2.75, 3.05) is 30.8 Å². The molecule has 21 heavy (non-hydrogen) atoms. The van der Waals surface area contributed by atoms with Crippen LogP contribution in [0.15, 0.2) is 23.1 Å². The van der Waals surface area contributed by atoms with Crippen LogP contribution >= 0.6 is 0 Å². The normalized spacial score (nSPS) is 16.2. The molecule has 9 heteroatoms. The second kappa shape index (κ2) is 5.68. The number of nitro groups is 1. The van der Waals surface area contributed by atoms with E-state index in [0.29, 0.717) is 25.3 Å². The average Bonchev–Trinajstić information content (AvgIpc) is 2.62. The summed E-state index contributed by atoms with van der Waals surface area (Å²) < 4.78 is 23.8. The van der Waals surface area contributed by atoms with Crippen molar-refractivity contribution in [2.45, 2.75) is 11.3 Å². The predicted molar refractivity (Wildman–Crippen MR) is 76.0 cm³/mol. The van der Waals surface area contributed by atoms with Crippen molar-refractivity contribution < 1.29 is 18.1 Å². The highest BCUT2D eigenvalue weighted by Crippen LogP contribution is 2.29. The van der Waals surface area contributed by atoms with Crippen LogP contribution in [0.2, 0.25) is 0 Å². The summed E-state index contributed by atoms with van der Waals surface area (Å²) in [7, 11) is -3.62. The molecule has 0 spiro atoms. The van der Waals surface area contributed by atoms with Gasteiger partial charge < -0.3 is 10.2 Å². The minimum absolute atomic E-state index is 0.0916. The zero-order valence-corrected chi connectivity index (χ0v) is 12.2. The molecule has 1 N–H and O–H groups in total. The molecule has 8 nitrogen and oxygen atoms in total. The van der Waals surface area contributed by atoms with E-state index in [1.54, 1.807) is 4.90 Å². The van der Waals surface area contributed by atoms with Crippen molar-refractivity contribution >= 4 is 27.1 Å². The summed E-state index contributed by atoms with van der Waals surface area (Å²) in [5, 5.41) is 13.5. The minimum atomic E-state index is -3.62. The van der Waals surface area contributed by atoms with Gasteiger partial charge in [-0.2, -0.15) is 0 Å². The van der Waals surface area contributed by atoms with Gasteiger partial charge in [-0.1, -0.05) is 0 Å². The Balaban J connectivity index is 2.47. The Kier molecular flexibility index (Phi) is 4.12. The van der Waals surface area contributed by atoms with Crippen LogP contribution < -0.4 is 10.2 Å². The van der Waals surface area contributed by atoms with Crippen LogP contribution in [-0.4, -0.2) is 45.1 Å². The number of nitrogens with one attached hydrogen (secondary N) is 1. The Morgan fingerprint density at radius 3 is 2.67 bits per heavy atom. The van der Waals surface area contributed by atoms with Crippen LogP contribution in [0, 0.1) is 10.1 Å². The standard InChI is InChI=1S/C12H15N3O5S/c1-21(19,20)11-8-9(15(17)18)2-3-10(11)14-6-4-12(16)13-5-7-14/h2-3,8H,4-7H2,1H3,(H,13,16). The fraction of sp³-hybridized carbons (Fsp3) is 0.417. The van der Waals surface area contributed by atoms with Gasteiger partial charge in [-0.25, -0.2) is 8.42 Å². The third-order valence-electron chi connectivity index (χ3n) is 3.21.